The van der Waals surface area contributed by atoms with Gasteiger partial charge in [0.05, 0.1) is 0 Å². The first-order valence-electron chi connectivity index (χ1n) is 9.98. The molecule has 0 saturated carbocycles. The second-order valence-corrected chi connectivity index (χ2v) is 7.40. The van der Waals surface area contributed by atoms with Gasteiger partial charge in [0, 0.05) is 51.1 Å². The first-order chi connectivity index (χ1) is 13.7. The average molecular weight is 381 g/mol. The largest absolute Gasteiger partial charge is 0.381 e. The minimum atomic E-state index is -0.157. The van der Waals surface area contributed by atoms with E-state index in [-0.39, 0.29) is 11.9 Å². The number of benzene rings is 1. The summed E-state index contributed by atoms with van der Waals surface area (Å²) in [6.45, 7) is 7.20. The van der Waals surface area contributed by atoms with Crippen LogP contribution in [0.15, 0.2) is 36.4 Å². The molecular weight excluding hydrogens is 354 g/mol. The molecule has 0 unspecified atom stereocenters. The third-order valence-corrected chi connectivity index (χ3v) is 5.50. The molecule has 0 atom stereocenters. The lowest BCUT2D eigenvalue weighted by molar-refractivity contribution is 0.0693. The monoisotopic (exact) mass is 381 g/mol. The van der Waals surface area contributed by atoms with E-state index >= 15 is 0 Å². The number of rotatable bonds is 4. The highest BCUT2D eigenvalue weighted by Crippen LogP contribution is 2.22. The number of para-hydroxylation sites is 1. The SMILES string of the molecule is Cc1ccccc1N1CCN(c2ccc(C(=O)NC3CCOCC3)nn2)CC1. The molecule has 2 fully saturated rings. The Hall–Kier alpha value is -2.67. The summed E-state index contributed by atoms with van der Waals surface area (Å²) < 4.78 is 5.32. The van der Waals surface area contributed by atoms with Crippen molar-refractivity contribution in [3.63, 3.8) is 0 Å². The zero-order valence-electron chi connectivity index (χ0n) is 16.3. The van der Waals surface area contributed by atoms with Crippen LogP contribution in [0.25, 0.3) is 0 Å². The fourth-order valence-electron chi connectivity index (χ4n) is 3.81. The van der Waals surface area contributed by atoms with Gasteiger partial charge in [-0.2, -0.15) is 0 Å². The summed E-state index contributed by atoms with van der Waals surface area (Å²) >= 11 is 0. The number of aryl methyl sites for hydroxylation is 1. The van der Waals surface area contributed by atoms with E-state index in [2.05, 4.69) is 56.5 Å². The molecule has 0 aliphatic carbocycles. The fraction of sp³-hybridized carbons (Fsp3) is 0.476. The Kier molecular flexibility index (Phi) is 5.71. The number of piperazine rings is 1. The minimum Gasteiger partial charge on any atom is -0.381 e. The van der Waals surface area contributed by atoms with Crippen molar-refractivity contribution in [2.75, 3.05) is 49.2 Å². The highest BCUT2D eigenvalue weighted by atomic mass is 16.5. The summed E-state index contributed by atoms with van der Waals surface area (Å²) in [5.41, 5.74) is 2.97. The maximum Gasteiger partial charge on any atom is 0.272 e. The maximum atomic E-state index is 12.4. The Morgan fingerprint density at radius 2 is 1.71 bits per heavy atom. The van der Waals surface area contributed by atoms with Crippen molar-refractivity contribution >= 4 is 17.4 Å². The Morgan fingerprint density at radius 3 is 2.39 bits per heavy atom. The predicted octanol–water partition coefficient (Wildman–Crippen LogP) is 2.02. The van der Waals surface area contributed by atoms with Crippen LogP contribution in [0, 0.1) is 6.92 Å². The molecule has 2 aliphatic rings. The van der Waals surface area contributed by atoms with Gasteiger partial charge in [-0.05, 0) is 43.5 Å². The Morgan fingerprint density at radius 1 is 1.00 bits per heavy atom. The van der Waals surface area contributed by atoms with Gasteiger partial charge in [0.1, 0.15) is 0 Å². The first-order valence-corrected chi connectivity index (χ1v) is 9.98. The summed E-state index contributed by atoms with van der Waals surface area (Å²) in [6, 6.07) is 12.3. The molecule has 1 N–H and O–H groups in total. The summed E-state index contributed by atoms with van der Waals surface area (Å²) in [6.07, 6.45) is 1.70. The van der Waals surface area contributed by atoms with Gasteiger partial charge in [0.15, 0.2) is 11.5 Å². The molecule has 7 heteroatoms. The van der Waals surface area contributed by atoms with Crippen molar-refractivity contribution in [3.8, 4) is 0 Å². The molecule has 0 spiro atoms. The van der Waals surface area contributed by atoms with Crippen molar-refractivity contribution in [3.05, 3.63) is 47.7 Å². The number of ether oxygens (including phenoxy) is 1. The number of anilines is 2. The lowest BCUT2D eigenvalue weighted by Gasteiger charge is -2.37. The molecule has 0 bridgehead atoms. The molecule has 148 valence electrons. The van der Waals surface area contributed by atoms with Gasteiger partial charge in [-0.1, -0.05) is 18.2 Å². The molecule has 4 rings (SSSR count). The van der Waals surface area contributed by atoms with E-state index in [1.54, 1.807) is 6.07 Å². The van der Waals surface area contributed by atoms with E-state index in [1.165, 1.54) is 11.3 Å². The molecule has 3 heterocycles. The van der Waals surface area contributed by atoms with Crippen molar-refractivity contribution in [2.45, 2.75) is 25.8 Å². The second kappa shape index (κ2) is 8.56. The number of carbonyl (C=O) groups excluding carboxylic acids is 1. The van der Waals surface area contributed by atoms with Crippen LogP contribution in [0.3, 0.4) is 0 Å². The standard InChI is InChI=1S/C21H27N5O2/c1-16-4-2-3-5-19(16)25-10-12-26(13-11-25)20-7-6-18(23-24-20)21(27)22-17-8-14-28-15-9-17/h2-7,17H,8-15H2,1H3,(H,22,27). The maximum absolute atomic E-state index is 12.4. The van der Waals surface area contributed by atoms with Crippen molar-refractivity contribution in [2.24, 2.45) is 0 Å². The van der Waals surface area contributed by atoms with E-state index in [0.717, 1.165) is 44.8 Å². The lowest BCUT2D eigenvalue weighted by atomic mass is 10.1. The molecule has 7 nitrogen and oxygen atoms in total. The highest BCUT2D eigenvalue weighted by Gasteiger charge is 2.21. The van der Waals surface area contributed by atoms with Crippen molar-refractivity contribution in [1.82, 2.24) is 15.5 Å². The number of amides is 1. The van der Waals surface area contributed by atoms with Gasteiger partial charge in [-0.25, -0.2) is 0 Å². The van der Waals surface area contributed by atoms with Crippen molar-refractivity contribution in [1.29, 1.82) is 0 Å². The van der Waals surface area contributed by atoms with Crippen LogP contribution >= 0.6 is 0 Å². The van der Waals surface area contributed by atoms with E-state index in [9.17, 15) is 4.79 Å². The molecular formula is C21H27N5O2. The lowest BCUT2D eigenvalue weighted by Crippen LogP contribution is -2.47. The number of hydrogen-bond donors (Lipinski definition) is 1. The first kappa shape index (κ1) is 18.7. The van der Waals surface area contributed by atoms with E-state index in [4.69, 9.17) is 4.74 Å². The number of nitrogens with one attached hydrogen (secondary N) is 1. The summed E-state index contributed by atoms with van der Waals surface area (Å²) in [4.78, 5) is 17.0. The Labute approximate surface area is 165 Å². The molecule has 2 aliphatic heterocycles. The molecule has 2 saturated heterocycles. The van der Waals surface area contributed by atoms with Crippen LogP contribution in [0.5, 0.6) is 0 Å². The van der Waals surface area contributed by atoms with Gasteiger partial charge in [-0.15, -0.1) is 10.2 Å². The normalized spacial score (nSPS) is 18.2. The van der Waals surface area contributed by atoms with Crippen LogP contribution in [-0.4, -0.2) is 61.5 Å². The zero-order valence-corrected chi connectivity index (χ0v) is 16.3. The molecule has 28 heavy (non-hydrogen) atoms. The number of hydrogen-bond acceptors (Lipinski definition) is 6. The Bertz CT molecular complexity index is 797. The van der Waals surface area contributed by atoms with Crippen LogP contribution in [0.4, 0.5) is 11.5 Å². The third kappa shape index (κ3) is 4.25. The predicted molar refractivity (Wildman–Crippen MR) is 109 cm³/mol. The van der Waals surface area contributed by atoms with Crippen LogP contribution in [0.2, 0.25) is 0 Å². The van der Waals surface area contributed by atoms with Crippen molar-refractivity contribution < 1.29 is 9.53 Å². The van der Waals surface area contributed by atoms with Gasteiger partial charge in [0.2, 0.25) is 0 Å². The minimum absolute atomic E-state index is 0.157. The summed E-state index contributed by atoms with van der Waals surface area (Å²) in [5, 5.41) is 11.5. The quantitative estimate of drug-likeness (QED) is 0.874. The smallest absolute Gasteiger partial charge is 0.272 e. The zero-order chi connectivity index (χ0) is 19.3. The van der Waals surface area contributed by atoms with E-state index < -0.39 is 0 Å². The van der Waals surface area contributed by atoms with Crippen LogP contribution in [-0.2, 0) is 4.74 Å². The summed E-state index contributed by atoms with van der Waals surface area (Å²) in [5.74, 6) is 0.669. The molecule has 0 radical (unpaired) electrons. The topological polar surface area (TPSA) is 70.6 Å². The van der Waals surface area contributed by atoms with Crippen LogP contribution in [0.1, 0.15) is 28.9 Å². The molecule has 1 amide bonds. The number of carbonyl (C=O) groups is 1. The van der Waals surface area contributed by atoms with Gasteiger partial charge in [0.25, 0.3) is 5.91 Å². The summed E-state index contributed by atoms with van der Waals surface area (Å²) in [7, 11) is 0. The highest BCUT2D eigenvalue weighted by molar-refractivity contribution is 5.92. The average Bonchev–Trinajstić information content (AvgIpc) is 2.75. The second-order valence-electron chi connectivity index (χ2n) is 7.40. The number of nitrogens with zero attached hydrogens (tertiary/aromatic N) is 4. The van der Waals surface area contributed by atoms with Gasteiger partial charge < -0.3 is 19.9 Å². The molecule has 1 aromatic heterocycles. The van der Waals surface area contributed by atoms with E-state index in [0.29, 0.717) is 18.9 Å². The van der Waals surface area contributed by atoms with Gasteiger partial charge in [-0.3, -0.25) is 4.79 Å². The third-order valence-electron chi connectivity index (χ3n) is 5.50. The van der Waals surface area contributed by atoms with Crippen LogP contribution < -0.4 is 15.1 Å². The molecule has 2 aromatic rings. The van der Waals surface area contributed by atoms with Gasteiger partial charge >= 0.3 is 0 Å². The van der Waals surface area contributed by atoms with E-state index in [1.807, 2.05) is 6.07 Å². The fourth-order valence-corrected chi connectivity index (χ4v) is 3.81. The molecule has 1 aromatic carbocycles. The number of aromatic nitrogens is 2. The Balaban J connectivity index is 1.33.